The minimum Gasteiger partial charge on any atom is -0.366 e. The Morgan fingerprint density at radius 3 is 0.955 bits per heavy atom. The van der Waals surface area contributed by atoms with E-state index in [4.69, 9.17) is 12.8 Å². The molecule has 15 rings (SSSR count). The summed E-state index contributed by atoms with van der Waals surface area (Å²) in [6, 6.07) is 115. The van der Waals surface area contributed by atoms with Crippen LogP contribution in [0.4, 0.5) is 0 Å². The van der Waals surface area contributed by atoms with Crippen LogP contribution < -0.4 is 26.5 Å². The third-order valence-electron chi connectivity index (χ3n) is 17.2. The zero-order chi connectivity index (χ0) is 58.1. The van der Waals surface area contributed by atoms with Crippen LogP contribution in [0.1, 0.15) is 68.5 Å². The van der Waals surface area contributed by atoms with Gasteiger partial charge in [-0.1, -0.05) is 278 Å². The van der Waals surface area contributed by atoms with E-state index >= 15 is 0 Å². The second-order valence-corrected chi connectivity index (χ2v) is 26.7. The van der Waals surface area contributed by atoms with Crippen LogP contribution in [0, 0.1) is 24.7 Å². The zero-order valence-electron chi connectivity index (χ0n) is 48.3. The number of allylic oxidation sites excluding steroid dienone is 4. The van der Waals surface area contributed by atoms with Crippen molar-refractivity contribution in [3.8, 4) is 34.1 Å². The maximum absolute atomic E-state index is 7.97. The summed E-state index contributed by atoms with van der Waals surface area (Å²) in [5.41, 5.74) is 15.3. The van der Waals surface area contributed by atoms with Crippen LogP contribution in [-0.2, 0) is 55.6 Å². The molecular weight excluding hydrogens is 1460 g/mol. The monoisotopic (exact) mass is 1530 g/mol. The number of hydrogen-bond donors (Lipinski definition) is 0. The second-order valence-electron chi connectivity index (χ2n) is 21.8. The number of rotatable bonds is 10. The smallest absolute Gasteiger partial charge is 0.366 e. The Labute approximate surface area is 553 Å². The van der Waals surface area contributed by atoms with E-state index in [1.54, 1.807) is 0 Å². The molecule has 0 saturated heterocycles. The number of fused-ring (bicyclic) bond motifs is 6. The zero-order valence-corrected chi connectivity index (χ0v) is 54.7. The van der Waals surface area contributed by atoms with Crippen LogP contribution >= 0.6 is 15.8 Å². The van der Waals surface area contributed by atoms with Crippen molar-refractivity contribution in [1.82, 2.24) is 0 Å². The van der Waals surface area contributed by atoms with Gasteiger partial charge >= 0.3 is 44.8 Å². The molecule has 0 aromatic heterocycles. The fourth-order valence-corrected chi connectivity index (χ4v) is 19.8. The first-order valence-electron chi connectivity index (χ1n) is 29.6. The summed E-state index contributed by atoms with van der Waals surface area (Å²) in [5, 5.41) is 8.92. The van der Waals surface area contributed by atoms with Crippen LogP contribution in [0.5, 0.6) is 0 Å². The molecule has 4 heteroatoms. The molecule has 428 valence electrons. The summed E-state index contributed by atoms with van der Waals surface area (Å²) in [7, 11) is -2.21. The van der Waals surface area contributed by atoms with E-state index < -0.39 is 26.7 Å². The van der Waals surface area contributed by atoms with Gasteiger partial charge in [0.1, 0.15) is 42.4 Å². The Kier molecular flexibility index (Phi) is 19.6. The van der Waals surface area contributed by atoms with E-state index in [0.29, 0.717) is 0 Å². The normalized spacial score (nSPS) is 13.4. The third kappa shape index (κ3) is 11.3. The fraction of sp³-hybridized carbons (Fsp3) is 0.0476. The molecule has 3 aliphatic rings. The summed E-state index contributed by atoms with van der Waals surface area (Å²) >= 11 is 0. The molecule has 0 nitrogen and oxygen atoms in total. The van der Waals surface area contributed by atoms with Crippen molar-refractivity contribution in [3.63, 3.8) is 0 Å². The van der Waals surface area contributed by atoms with E-state index in [-0.39, 0.29) is 44.8 Å². The van der Waals surface area contributed by atoms with Crippen LogP contribution in [0.2, 0.25) is 0 Å². The molecule has 0 saturated carbocycles. The number of benzene rings is 12. The average Bonchev–Trinajstić information content (AvgIpc) is 1.56. The average molecular weight is 1530 g/mol. The maximum Gasteiger partial charge on any atom is 1.00 e. The third-order valence-corrected chi connectivity index (χ3v) is 23.0. The van der Waals surface area contributed by atoms with Gasteiger partial charge in [-0.15, -0.1) is 23.3 Å². The largest absolute Gasteiger partial charge is 1.00 e. The van der Waals surface area contributed by atoms with Gasteiger partial charge in [-0.05, 0) is 129 Å². The van der Waals surface area contributed by atoms with Crippen molar-refractivity contribution in [2.45, 2.75) is 23.7 Å². The van der Waals surface area contributed by atoms with Gasteiger partial charge in [0.25, 0.3) is 0 Å². The Morgan fingerprint density at radius 1 is 0.295 bits per heavy atom. The first kappa shape index (κ1) is 61.2. The molecule has 12 aromatic carbocycles. The van der Waals surface area contributed by atoms with Crippen molar-refractivity contribution in [2.24, 2.45) is 0 Å². The quantitative estimate of drug-likeness (QED) is 0.0554. The Morgan fingerprint density at radius 2 is 0.602 bits per heavy atom. The molecule has 0 radical (unpaired) electrons. The van der Waals surface area contributed by atoms with Gasteiger partial charge in [0.2, 0.25) is 0 Å². The SMILES string of the molecule is C1=CC([PH+](c2ccccc2)c2ccccc2[PH+](c2ccccc2)c2ccccc2)=CCC1.[Au+].[Au+].[C-]#Cc1cccc2c1C(c1ccccc1)(c1ccccc1)c1ccccc1-2.[C-]#Cc1cccc2c1C(c1ccccc1)(c1ccccc1)c1ccccc1-2. The Balaban J connectivity index is 0.000000136. The van der Waals surface area contributed by atoms with Crippen molar-refractivity contribution in [2.75, 3.05) is 0 Å². The van der Waals surface area contributed by atoms with Gasteiger partial charge in [0.15, 0.2) is 0 Å². The molecule has 88 heavy (non-hydrogen) atoms. The summed E-state index contributed by atoms with van der Waals surface area (Å²) in [4.78, 5) is 0. The molecule has 1 unspecified atom stereocenters. The molecule has 12 aromatic rings. The molecule has 0 spiro atoms. The van der Waals surface area contributed by atoms with Crippen molar-refractivity contribution in [3.05, 3.63) is 414 Å². The first-order valence-corrected chi connectivity index (χ1v) is 32.6. The summed E-state index contributed by atoms with van der Waals surface area (Å²) in [5.74, 6) is 5.41. The summed E-state index contributed by atoms with van der Waals surface area (Å²) < 4.78 is 0. The van der Waals surface area contributed by atoms with Gasteiger partial charge in [-0.2, -0.15) is 0 Å². The molecular formula is C84H62Au2P2+2. The molecule has 0 fully saturated rings. The Hall–Kier alpha value is -8.42. The first-order chi connectivity index (χ1) is 42.7. The van der Waals surface area contributed by atoms with Crippen molar-refractivity contribution < 1.29 is 44.8 Å². The van der Waals surface area contributed by atoms with E-state index in [1.807, 2.05) is 24.3 Å². The van der Waals surface area contributed by atoms with Gasteiger partial charge < -0.3 is 12.8 Å². The molecule has 0 bridgehead atoms. The van der Waals surface area contributed by atoms with Gasteiger partial charge in [0, 0.05) is 0 Å². The minimum atomic E-state index is -1.12. The van der Waals surface area contributed by atoms with E-state index in [1.165, 1.54) is 87.5 Å². The fourth-order valence-electron chi connectivity index (χ4n) is 13.7. The predicted molar refractivity (Wildman–Crippen MR) is 367 cm³/mol. The van der Waals surface area contributed by atoms with Gasteiger partial charge in [-0.3, -0.25) is 11.8 Å². The van der Waals surface area contributed by atoms with Crippen LogP contribution in [-0.4, -0.2) is 0 Å². The molecule has 0 N–H and O–H groups in total. The standard InChI is InChI=1S/C30H26P2.2C27H17.2Au/c1-5-15-25(16-6-1)31(26-17-7-2-8-18-26)29-23-13-14-24-30(29)32(27-19-9-3-10-20-27)28-21-11-4-12-22-28;2*1-2-20-12-11-18-24-23-17-9-10-19-25(23)27(26(20)24,21-13-5-3-6-14-21)22-15-7-4-8-16-22;;/h1-3,5-11,13-24H,4,12H2;2*3-19H;;/q;2*-1;2*+1/p+2. The van der Waals surface area contributed by atoms with E-state index in [0.717, 1.165) is 35.1 Å². The van der Waals surface area contributed by atoms with E-state index in [9.17, 15) is 0 Å². The van der Waals surface area contributed by atoms with Crippen LogP contribution in [0.3, 0.4) is 0 Å². The summed E-state index contributed by atoms with van der Waals surface area (Å²) in [6.07, 6.45) is 25.5. The van der Waals surface area contributed by atoms with Crippen molar-refractivity contribution >= 4 is 42.4 Å². The number of hydrogen-bond acceptors (Lipinski definition) is 0. The Bertz CT molecular complexity index is 4160. The van der Waals surface area contributed by atoms with Gasteiger partial charge in [0.05, 0.1) is 16.1 Å². The maximum atomic E-state index is 7.97. The molecule has 0 heterocycles. The van der Waals surface area contributed by atoms with Crippen molar-refractivity contribution in [1.29, 1.82) is 0 Å². The molecule has 1 atom stereocenters. The second kappa shape index (κ2) is 28.2. The van der Waals surface area contributed by atoms with Crippen LogP contribution in [0.25, 0.3) is 22.3 Å². The topological polar surface area (TPSA) is 0 Å². The predicted octanol–water partition coefficient (Wildman–Crippen LogP) is 17.5. The summed E-state index contributed by atoms with van der Waals surface area (Å²) in [6.45, 7) is 0. The minimum absolute atomic E-state index is 0. The molecule has 0 aliphatic heterocycles. The van der Waals surface area contributed by atoms with Crippen LogP contribution in [0.15, 0.2) is 345 Å². The molecule has 3 aliphatic carbocycles. The molecule has 0 amide bonds. The van der Waals surface area contributed by atoms with Gasteiger partial charge in [-0.25, -0.2) is 0 Å². The van der Waals surface area contributed by atoms with E-state index in [2.05, 4.69) is 327 Å².